The van der Waals surface area contributed by atoms with E-state index in [1.165, 1.54) is 16.7 Å². The zero-order valence-electron chi connectivity index (χ0n) is 17.0. The van der Waals surface area contributed by atoms with Crippen molar-refractivity contribution in [1.29, 1.82) is 0 Å². The molecule has 0 aliphatic heterocycles. The van der Waals surface area contributed by atoms with Crippen LogP contribution < -0.4 is 10.6 Å². The van der Waals surface area contributed by atoms with Crippen molar-refractivity contribution in [1.82, 2.24) is 5.32 Å². The monoisotopic (exact) mass is 380 g/mol. The topological polar surface area (TPSA) is 50.4 Å². The molecule has 1 amide bonds. The molecule has 1 aliphatic rings. The van der Waals surface area contributed by atoms with Crippen molar-refractivity contribution < 1.29 is 9.53 Å². The molecule has 4 nitrogen and oxygen atoms in total. The van der Waals surface area contributed by atoms with Crippen molar-refractivity contribution in [2.24, 2.45) is 0 Å². The van der Waals surface area contributed by atoms with E-state index in [9.17, 15) is 4.79 Å². The van der Waals surface area contributed by atoms with Crippen molar-refractivity contribution >= 4 is 11.6 Å². The molecule has 0 saturated heterocycles. The van der Waals surface area contributed by atoms with E-state index in [-0.39, 0.29) is 5.91 Å². The normalized spacial score (nSPS) is 17.0. The standard InChI is InChI=1S/C24H32N2O2/c1-3-22(13-14-28-17-19-7-5-4-6-8-19)26-24-12-10-20-9-11-23(25-18(2)27)15-21(20)16-24/h4-9,11,15,22,24,26H,3,10,12-14,16-17H2,1-2H3,(H,25,27). The molecule has 2 N–H and O–H groups in total. The Kier molecular flexibility index (Phi) is 7.63. The van der Waals surface area contributed by atoms with Gasteiger partial charge in [0.1, 0.15) is 0 Å². The van der Waals surface area contributed by atoms with E-state index in [1.807, 2.05) is 24.3 Å². The molecule has 0 spiro atoms. The Morgan fingerprint density at radius 2 is 2.00 bits per heavy atom. The number of ether oxygens (including phenoxy) is 1. The quantitative estimate of drug-likeness (QED) is 0.631. The number of hydrogen-bond donors (Lipinski definition) is 2. The molecule has 0 saturated carbocycles. The summed E-state index contributed by atoms with van der Waals surface area (Å²) in [4.78, 5) is 11.3. The second-order valence-electron chi connectivity index (χ2n) is 7.70. The first-order valence-corrected chi connectivity index (χ1v) is 10.4. The van der Waals surface area contributed by atoms with E-state index in [1.54, 1.807) is 6.92 Å². The van der Waals surface area contributed by atoms with E-state index in [2.05, 4.69) is 41.8 Å². The summed E-state index contributed by atoms with van der Waals surface area (Å²) in [5, 5.41) is 6.73. The summed E-state index contributed by atoms with van der Waals surface area (Å²) in [5.41, 5.74) is 4.88. The fourth-order valence-electron chi connectivity index (χ4n) is 3.91. The lowest BCUT2D eigenvalue weighted by Crippen LogP contribution is -2.41. The van der Waals surface area contributed by atoms with Crippen LogP contribution >= 0.6 is 0 Å². The van der Waals surface area contributed by atoms with Gasteiger partial charge in [-0.3, -0.25) is 4.79 Å². The maximum absolute atomic E-state index is 11.3. The van der Waals surface area contributed by atoms with Crippen LogP contribution in [0.15, 0.2) is 48.5 Å². The Balaban J connectivity index is 1.46. The number of benzene rings is 2. The van der Waals surface area contributed by atoms with Crippen LogP contribution in [0.1, 0.15) is 49.8 Å². The van der Waals surface area contributed by atoms with E-state index in [0.29, 0.717) is 18.7 Å². The highest BCUT2D eigenvalue weighted by molar-refractivity contribution is 5.88. The highest BCUT2D eigenvalue weighted by atomic mass is 16.5. The van der Waals surface area contributed by atoms with Gasteiger partial charge in [-0.2, -0.15) is 0 Å². The van der Waals surface area contributed by atoms with Gasteiger partial charge in [0.05, 0.1) is 6.61 Å². The highest BCUT2D eigenvalue weighted by Crippen LogP contribution is 2.25. The largest absolute Gasteiger partial charge is 0.377 e. The molecule has 0 aromatic heterocycles. The van der Waals surface area contributed by atoms with Gasteiger partial charge in [0.25, 0.3) is 0 Å². The zero-order valence-corrected chi connectivity index (χ0v) is 17.0. The number of fused-ring (bicyclic) bond motifs is 1. The molecule has 150 valence electrons. The first kappa shape index (κ1) is 20.6. The van der Waals surface area contributed by atoms with Gasteiger partial charge in [0, 0.05) is 31.3 Å². The van der Waals surface area contributed by atoms with Crippen LogP contribution in [0.2, 0.25) is 0 Å². The third-order valence-electron chi connectivity index (χ3n) is 5.44. The minimum Gasteiger partial charge on any atom is -0.377 e. The Morgan fingerprint density at radius 1 is 1.18 bits per heavy atom. The van der Waals surface area contributed by atoms with Gasteiger partial charge >= 0.3 is 0 Å². The maximum Gasteiger partial charge on any atom is 0.221 e. The number of amides is 1. The number of nitrogens with one attached hydrogen (secondary N) is 2. The van der Waals surface area contributed by atoms with Crippen LogP contribution in [0.25, 0.3) is 0 Å². The highest BCUT2D eigenvalue weighted by Gasteiger charge is 2.21. The van der Waals surface area contributed by atoms with Crippen molar-refractivity contribution in [3.05, 3.63) is 65.2 Å². The summed E-state index contributed by atoms with van der Waals surface area (Å²) in [7, 11) is 0. The molecule has 3 rings (SSSR count). The summed E-state index contributed by atoms with van der Waals surface area (Å²) in [5.74, 6) is -0.0213. The lowest BCUT2D eigenvalue weighted by Gasteiger charge is -2.30. The minimum atomic E-state index is -0.0213. The summed E-state index contributed by atoms with van der Waals surface area (Å²) in [6.07, 6.45) is 5.40. The Hall–Kier alpha value is -2.17. The summed E-state index contributed by atoms with van der Waals surface area (Å²) in [6, 6.07) is 17.6. The van der Waals surface area contributed by atoms with Gasteiger partial charge in [-0.05, 0) is 60.9 Å². The van der Waals surface area contributed by atoms with Gasteiger partial charge in [-0.15, -0.1) is 0 Å². The minimum absolute atomic E-state index is 0.0213. The Bertz CT molecular complexity index is 760. The molecular weight excluding hydrogens is 348 g/mol. The average molecular weight is 381 g/mol. The lowest BCUT2D eigenvalue weighted by atomic mass is 9.87. The smallest absolute Gasteiger partial charge is 0.221 e. The van der Waals surface area contributed by atoms with Gasteiger partial charge in [-0.1, -0.05) is 43.3 Å². The number of carbonyl (C=O) groups excluding carboxylic acids is 1. The average Bonchev–Trinajstić information content (AvgIpc) is 2.70. The first-order valence-electron chi connectivity index (χ1n) is 10.4. The molecule has 0 fully saturated rings. The second kappa shape index (κ2) is 10.4. The van der Waals surface area contributed by atoms with Gasteiger partial charge in [0.2, 0.25) is 5.91 Å². The number of anilines is 1. The molecule has 2 unspecified atom stereocenters. The molecule has 0 bridgehead atoms. The Labute approximate surface area is 168 Å². The van der Waals surface area contributed by atoms with E-state index in [0.717, 1.165) is 44.4 Å². The van der Waals surface area contributed by atoms with Crippen molar-refractivity contribution in [3.63, 3.8) is 0 Å². The van der Waals surface area contributed by atoms with Crippen molar-refractivity contribution in [2.75, 3.05) is 11.9 Å². The molecule has 2 aromatic carbocycles. The van der Waals surface area contributed by atoms with Crippen LogP contribution in [-0.2, 0) is 29.0 Å². The van der Waals surface area contributed by atoms with Crippen LogP contribution in [0.3, 0.4) is 0 Å². The van der Waals surface area contributed by atoms with Gasteiger partial charge < -0.3 is 15.4 Å². The molecular formula is C24H32N2O2. The van der Waals surface area contributed by atoms with Crippen LogP contribution in [0.5, 0.6) is 0 Å². The zero-order chi connectivity index (χ0) is 19.8. The predicted molar refractivity (Wildman–Crippen MR) is 114 cm³/mol. The SMILES string of the molecule is CCC(CCOCc1ccccc1)NC1CCc2ccc(NC(C)=O)cc2C1. The van der Waals surface area contributed by atoms with E-state index >= 15 is 0 Å². The third-order valence-corrected chi connectivity index (χ3v) is 5.44. The van der Waals surface area contributed by atoms with Crippen molar-refractivity contribution in [3.8, 4) is 0 Å². The fraction of sp³-hybridized carbons (Fsp3) is 0.458. The molecule has 0 radical (unpaired) electrons. The number of rotatable bonds is 9. The molecule has 4 heteroatoms. The molecule has 1 aliphatic carbocycles. The van der Waals surface area contributed by atoms with Gasteiger partial charge in [0.15, 0.2) is 0 Å². The fourth-order valence-corrected chi connectivity index (χ4v) is 3.91. The molecule has 28 heavy (non-hydrogen) atoms. The molecule has 0 heterocycles. The maximum atomic E-state index is 11.3. The number of carbonyl (C=O) groups is 1. The third kappa shape index (κ3) is 6.18. The molecule has 2 atom stereocenters. The number of aryl methyl sites for hydroxylation is 1. The summed E-state index contributed by atoms with van der Waals surface area (Å²) >= 11 is 0. The van der Waals surface area contributed by atoms with Gasteiger partial charge in [-0.25, -0.2) is 0 Å². The second-order valence-corrected chi connectivity index (χ2v) is 7.70. The predicted octanol–water partition coefficient (Wildman–Crippen LogP) is 4.48. The lowest BCUT2D eigenvalue weighted by molar-refractivity contribution is -0.114. The van der Waals surface area contributed by atoms with Crippen LogP contribution in [0.4, 0.5) is 5.69 Å². The first-order chi connectivity index (χ1) is 13.6. The van der Waals surface area contributed by atoms with E-state index in [4.69, 9.17) is 4.74 Å². The summed E-state index contributed by atoms with van der Waals surface area (Å²) in [6.45, 7) is 5.24. The number of hydrogen-bond acceptors (Lipinski definition) is 3. The van der Waals surface area contributed by atoms with Crippen LogP contribution in [0, 0.1) is 0 Å². The Morgan fingerprint density at radius 3 is 2.75 bits per heavy atom. The van der Waals surface area contributed by atoms with Crippen molar-refractivity contribution in [2.45, 2.75) is 64.6 Å². The molecule has 2 aromatic rings. The van der Waals surface area contributed by atoms with E-state index < -0.39 is 0 Å². The summed E-state index contributed by atoms with van der Waals surface area (Å²) < 4.78 is 5.87. The van der Waals surface area contributed by atoms with Crippen LogP contribution in [-0.4, -0.2) is 24.6 Å².